The van der Waals surface area contributed by atoms with Gasteiger partial charge in [0.25, 0.3) is 0 Å². The van der Waals surface area contributed by atoms with Gasteiger partial charge in [-0.2, -0.15) is 0 Å². The molecule has 0 rings (SSSR count). The number of hydrogen-bond acceptors (Lipinski definition) is 3. The summed E-state index contributed by atoms with van der Waals surface area (Å²) in [5.74, 6) is -1.51. The van der Waals surface area contributed by atoms with Crippen LogP contribution < -0.4 is 0 Å². The molecule has 2 N–H and O–H groups in total. The first kappa shape index (κ1) is 14.6. The van der Waals surface area contributed by atoms with Gasteiger partial charge < -0.3 is 10.2 Å². The van der Waals surface area contributed by atoms with Gasteiger partial charge in [0.05, 0.1) is 6.10 Å². The number of ketones is 1. The predicted molar refractivity (Wildman–Crippen MR) is 61.0 cm³/mol. The minimum atomic E-state index is -1.03. The first-order valence-corrected chi connectivity index (χ1v) is 5.18. The van der Waals surface area contributed by atoms with Gasteiger partial charge in [0.15, 0.2) is 0 Å². The molecule has 0 fully saturated rings. The molecule has 4 nitrogen and oxygen atoms in total. The topological polar surface area (TPSA) is 74.6 Å². The lowest BCUT2D eigenvalue weighted by Gasteiger charge is -2.12. The van der Waals surface area contributed by atoms with E-state index >= 15 is 0 Å². The van der Waals surface area contributed by atoms with Crippen molar-refractivity contribution in [1.29, 1.82) is 0 Å². The van der Waals surface area contributed by atoms with Crippen LogP contribution in [-0.2, 0) is 9.59 Å². The summed E-state index contributed by atoms with van der Waals surface area (Å²) < 4.78 is 0. The van der Waals surface area contributed by atoms with Gasteiger partial charge in [0.2, 0.25) is 0 Å². The normalized spacial score (nSPS) is 16.1. The predicted octanol–water partition coefficient (Wildman–Crippen LogP) is 1.55. The van der Waals surface area contributed by atoms with Gasteiger partial charge in [-0.25, -0.2) is 4.79 Å². The molecule has 0 aliphatic heterocycles. The number of Topliss-reactive ketones (excluding diaryl/α,β-unsaturated/α-hetero) is 1. The summed E-state index contributed by atoms with van der Waals surface area (Å²) in [6.07, 6.45) is 3.49. The van der Waals surface area contributed by atoms with Gasteiger partial charge in [-0.05, 0) is 12.5 Å². The Hall–Kier alpha value is -1.42. The highest BCUT2D eigenvalue weighted by Gasteiger charge is 2.17. The molecule has 0 saturated heterocycles. The Bertz CT molecular complexity index is 315. The fraction of sp³-hybridized carbons (Fsp3) is 0.500. The van der Waals surface area contributed by atoms with Crippen LogP contribution in [-0.4, -0.2) is 28.1 Å². The smallest absolute Gasteiger partial charge is 0.328 e. The number of carboxylic acid groups (broad SMARTS) is 1. The number of aliphatic hydroxyl groups excluding tert-OH is 1. The Morgan fingerprint density at radius 1 is 1.38 bits per heavy atom. The second-order valence-corrected chi connectivity index (χ2v) is 3.68. The first-order chi connectivity index (χ1) is 7.38. The second-order valence-electron chi connectivity index (χ2n) is 3.68. The molecule has 16 heavy (non-hydrogen) atoms. The highest BCUT2D eigenvalue weighted by molar-refractivity contribution is 5.81. The Labute approximate surface area is 95.3 Å². The molecule has 0 aromatic carbocycles. The van der Waals surface area contributed by atoms with Gasteiger partial charge in [-0.15, -0.1) is 0 Å². The molecule has 90 valence electrons. The highest BCUT2D eigenvalue weighted by Crippen LogP contribution is 2.09. The maximum absolute atomic E-state index is 11.3. The summed E-state index contributed by atoms with van der Waals surface area (Å²) in [5.41, 5.74) is 0.516. The third kappa shape index (κ3) is 5.46. The van der Waals surface area contributed by atoms with Crippen molar-refractivity contribution in [1.82, 2.24) is 0 Å². The Balaban J connectivity index is 4.44. The van der Waals surface area contributed by atoms with E-state index in [-0.39, 0.29) is 5.78 Å². The number of carboxylic acids is 1. The Morgan fingerprint density at radius 2 is 1.94 bits per heavy atom. The van der Waals surface area contributed by atoms with E-state index in [1.807, 2.05) is 0 Å². The van der Waals surface area contributed by atoms with E-state index in [0.29, 0.717) is 12.0 Å². The Morgan fingerprint density at radius 3 is 2.38 bits per heavy atom. The number of hydrogen-bond donors (Lipinski definition) is 2. The maximum Gasteiger partial charge on any atom is 0.328 e. The van der Waals surface area contributed by atoms with Crippen molar-refractivity contribution in [3.05, 3.63) is 23.8 Å². The van der Waals surface area contributed by atoms with E-state index in [0.717, 1.165) is 6.08 Å². The molecule has 0 unspecified atom stereocenters. The average Bonchev–Trinajstić information content (AvgIpc) is 2.22. The number of carbonyl (C=O) groups excluding carboxylic acids is 1. The summed E-state index contributed by atoms with van der Waals surface area (Å²) in [7, 11) is 0. The molecule has 0 aliphatic rings. The van der Waals surface area contributed by atoms with E-state index in [1.165, 1.54) is 12.2 Å². The SMILES string of the molecule is CCC(=O)[C@@H](C)[C@@H](O)/C=C/C(C)=C/C(=O)O. The molecule has 2 atom stereocenters. The molecule has 0 aromatic heterocycles. The van der Waals surface area contributed by atoms with Crippen molar-refractivity contribution in [3.63, 3.8) is 0 Å². The molecule has 4 heteroatoms. The molecule has 0 aromatic rings. The number of aliphatic hydroxyl groups is 1. The fourth-order valence-corrected chi connectivity index (χ4v) is 1.17. The highest BCUT2D eigenvalue weighted by atomic mass is 16.4. The zero-order valence-electron chi connectivity index (χ0n) is 9.80. The molecule has 0 amide bonds. The minimum absolute atomic E-state index is 0.0167. The zero-order valence-corrected chi connectivity index (χ0v) is 9.80. The molecule has 0 spiro atoms. The van der Waals surface area contributed by atoms with Crippen molar-refractivity contribution in [2.24, 2.45) is 5.92 Å². The molecular formula is C12H18O4. The van der Waals surface area contributed by atoms with E-state index in [1.54, 1.807) is 20.8 Å². The molecule has 0 heterocycles. The lowest BCUT2D eigenvalue weighted by atomic mass is 9.97. The number of allylic oxidation sites excluding steroid dienone is 2. The quantitative estimate of drug-likeness (QED) is 0.532. The van der Waals surface area contributed by atoms with Crippen molar-refractivity contribution in [3.8, 4) is 0 Å². The van der Waals surface area contributed by atoms with E-state index < -0.39 is 18.0 Å². The van der Waals surface area contributed by atoms with E-state index in [4.69, 9.17) is 5.11 Å². The van der Waals surface area contributed by atoms with Crippen molar-refractivity contribution >= 4 is 11.8 Å². The van der Waals surface area contributed by atoms with Gasteiger partial charge in [0.1, 0.15) is 5.78 Å². The largest absolute Gasteiger partial charge is 0.478 e. The lowest BCUT2D eigenvalue weighted by Crippen LogP contribution is -2.23. The van der Waals surface area contributed by atoms with Gasteiger partial charge >= 0.3 is 5.97 Å². The van der Waals surface area contributed by atoms with Gasteiger partial charge in [-0.1, -0.05) is 26.0 Å². The molecule has 0 bridgehead atoms. The van der Waals surface area contributed by atoms with Crippen LogP contribution in [0.25, 0.3) is 0 Å². The second kappa shape index (κ2) is 6.95. The van der Waals surface area contributed by atoms with Gasteiger partial charge in [0, 0.05) is 18.4 Å². The van der Waals surface area contributed by atoms with Crippen LogP contribution in [0.3, 0.4) is 0 Å². The van der Waals surface area contributed by atoms with Crippen LogP contribution in [0.2, 0.25) is 0 Å². The van der Waals surface area contributed by atoms with Crippen LogP contribution >= 0.6 is 0 Å². The van der Waals surface area contributed by atoms with Crippen LogP contribution in [0.4, 0.5) is 0 Å². The number of aliphatic carboxylic acids is 1. The third-order valence-electron chi connectivity index (χ3n) is 2.28. The molecule has 0 radical (unpaired) electrons. The maximum atomic E-state index is 11.3. The van der Waals surface area contributed by atoms with E-state index in [9.17, 15) is 14.7 Å². The summed E-state index contributed by atoms with van der Waals surface area (Å²) in [4.78, 5) is 21.6. The lowest BCUT2D eigenvalue weighted by molar-refractivity contribution is -0.131. The minimum Gasteiger partial charge on any atom is -0.478 e. The fourth-order valence-electron chi connectivity index (χ4n) is 1.17. The van der Waals surface area contributed by atoms with E-state index in [2.05, 4.69) is 0 Å². The zero-order chi connectivity index (χ0) is 12.7. The monoisotopic (exact) mass is 226 g/mol. The summed E-state index contributed by atoms with van der Waals surface area (Å²) >= 11 is 0. The third-order valence-corrected chi connectivity index (χ3v) is 2.28. The van der Waals surface area contributed by atoms with Gasteiger partial charge in [-0.3, -0.25) is 4.79 Å². The van der Waals surface area contributed by atoms with Crippen LogP contribution in [0.15, 0.2) is 23.8 Å². The molecule has 0 aliphatic carbocycles. The van der Waals surface area contributed by atoms with Crippen molar-refractivity contribution in [2.75, 3.05) is 0 Å². The van der Waals surface area contributed by atoms with Crippen LogP contribution in [0, 0.1) is 5.92 Å². The molecular weight excluding hydrogens is 208 g/mol. The van der Waals surface area contributed by atoms with Crippen LogP contribution in [0.5, 0.6) is 0 Å². The van der Waals surface area contributed by atoms with Crippen molar-refractivity contribution < 1.29 is 19.8 Å². The number of rotatable bonds is 6. The summed E-state index contributed by atoms with van der Waals surface area (Å²) in [6, 6.07) is 0. The van der Waals surface area contributed by atoms with Crippen molar-refractivity contribution in [2.45, 2.75) is 33.3 Å². The standard InChI is InChI=1S/C12H18O4/c1-4-10(13)9(3)11(14)6-5-8(2)7-12(15)16/h5-7,9,11,14H,4H2,1-3H3,(H,15,16)/b6-5+,8-7+/t9-,11+/m1/s1. The number of carbonyl (C=O) groups is 2. The Kier molecular flexibility index (Phi) is 6.34. The first-order valence-electron chi connectivity index (χ1n) is 5.18. The summed E-state index contributed by atoms with van der Waals surface area (Å²) in [6.45, 7) is 5.01. The summed E-state index contributed by atoms with van der Waals surface area (Å²) in [5, 5.41) is 18.1. The van der Waals surface area contributed by atoms with Crippen LogP contribution in [0.1, 0.15) is 27.2 Å². The molecule has 0 saturated carbocycles. The average molecular weight is 226 g/mol.